The lowest BCUT2D eigenvalue weighted by Crippen LogP contribution is -2.29. The number of benzene rings is 2. The zero-order valence-corrected chi connectivity index (χ0v) is 13.7. The largest absolute Gasteiger partial charge is 0.293 e. The summed E-state index contributed by atoms with van der Waals surface area (Å²) < 4.78 is -0.554. The zero-order chi connectivity index (χ0) is 13.9. The number of hydrogen-bond donors (Lipinski definition) is 0. The van der Waals surface area contributed by atoms with E-state index < -0.39 is 4.32 Å². The summed E-state index contributed by atoms with van der Waals surface area (Å²) in [5.41, 5.74) is 2.99. The zero-order valence-electron chi connectivity index (χ0n) is 10.6. The highest BCUT2D eigenvalue weighted by Crippen LogP contribution is 2.27. The number of carbonyl (C=O) groups excluding carboxylic acids is 1. The SMILES string of the molecule is CC(Br)(CBr)C(=O)c1ccc(-c2ccccc2)cc1. The molecule has 98 valence electrons. The molecule has 2 aromatic rings. The topological polar surface area (TPSA) is 17.1 Å². The van der Waals surface area contributed by atoms with Crippen LogP contribution >= 0.6 is 31.9 Å². The van der Waals surface area contributed by atoms with Gasteiger partial charge in [-0.2, -0.15) is 0 Å². The first-order valence-corrected chi connectivity index (χ1v) is 7.91. The van der Waals surface area contributed by atoms with E-state index in [0.29, 0.717) is 5.33 Å². The second-order valence-corrected chi connectivity index (χ2v) is 6.91. The number of halogens is 2. The van der Waals surface area contributed by atoms with Crippen LogP contribution in [0, 0.1) is 0 Å². The number of rotatable bonds is 4. The van der Waals surface area contributed by atoms with E-state index in [4.69, 9.17) is 0 Å². The average molecular weight is 382 g/mol. The molecule has 0 aliphatic rings. The van der Waals surface area contributed by atoms with Gasteiger partial charge in [-0.1, -0.05) is 86.5 Å². The van der Waals surface area contributed by atoms with Gasteiger partial charge in [-0.05, 0) is 18.1 Å². The fourth-order valence-electron chi connectivity index (χ4n) is 1.81. The standard InChI is InChI=1S/C16H14Br2O/c1-16(18,11-17)15(19)14-9-7-13(8-10-14)12-5-3-2-4-6-12/h2-10H,11H2,1H3. The van der Waals surface area contributed by atoms with E-state index in [1.54, 1.807) is 0 Å². The first-order valence-electron chi connectivity index (χ1n) is 6.00. The van der Waals surface area contributed by atoms with Gasteiger partial charge in [0, 0.05) is 10.9 Å². The van der Waals surface area contributed by atoms with Gasteiger partial charge in [0.2, 0.25) is 0 Å². The molecular weight excluding hydrogens is 368 g/mol. The van der Waals surface area contributed by atoms with Crippen molar-refractivity contribution in [3.63, 3.8) is 0 Å². The molecule has 0 heterocycles. The van der Waals surface area contributed by atoms with Crippen molar-refractivity contribution >= 4 is 37.6 Å². The lowest BCUT2D eigenvalue weighted by molar-refractivity contribution is 0.0963. The predicted molar refractivity (Wildman–Crippen MR) is 87.3 cm³/mol. The fraction of sp³-hybridized carbons (Fsp3) is 0.188. The van der Waals surface area contributed by atoms with E-state index >= 15 is 0 Å². The first-order chi connectivity index (χ1) is 9.04. The normalized spacial score (nSPS) is 13.8. The van der Waals surface area contributed by atoms with E-state index in [9.17, 15) is 4.79 Å². The highest BCUT2D eigenvalue weighted by atomic mass is 79.9. The molecule has 0 saturated carbocycles. The maximum absolute atomic E-state index is 12.3. The van der Waals surface area contributed by atoms with Crippen LogP contribution in [0.2, 0.25) is 0 Å². The molecular formula is C16H14Br2O. The van der Waals surface area contributed by atoms with Gasteiger partial charge in [0.1, 0.15) is 0 Å². The van der Waals surface area contributed by atoms with Crippen LogP contribution in [0.5, 0.6) is 0 Å². The number of alkyl halides is 2. The summed E-state index contributed by atoms with van der Waals surface area (Å²) in [6, 6.07) is 17.9. The van der Waals surface area contributed by atoms with Crippen molar-refractivity contribution in [2.45, 2.75) is 11.2 Å². The van der Waals surface area contributed by atoms with Crippen molar-refractivity contribution in [2.75, 3.05) is 5.33 Å². The van der Waals surface area contributed by atoms with Crippen LogP contribution in [0.25, 0.3) is 11.1 Å². The Morgan fingerprint density at radius 3 is 2.05 bits per heavy atom. The molecule has 19 heavy (non-hydrogen) atoms. The molecule has 0 saturated heterocycles. The Hall–Kier alpha value is -0.930. The smallest absolute Gasteiger partial charge is 0.180 e. The first kappa shape index (κ1) is 14.5. The number of carbonyl (C=O) groups is 1. The number of Topliss-reactive ketones (excluding diaryl/α,β-unsaturated/α-hetero) is 1. The van der Waals surface area contributed by atoms with Gasteiger partial charge in [-0.25, -0.2) is 0 Å². The molecule has 0 fully saturated rings. The molecule has 3 heteroatoms. The molecule has 1 unspecified atom stereocenters. The molecule has 1 atom stereocenters. The fourth-order valence-corrected chi connectivity index (χ4v) is 2.29. The maximum Gasteiger partial charge on any atom is 0.180 e. The summed E-state index contributed by atoms with van der Waals surface area (Å²) in [4.78, 5) is 12.3. The lowest BCUT2D eigenvalue weighted by atomic mass is 9.98. The third-order valence-electron chi connectivity index (χ3n) is 2.98. The van der Waals surface area contributed by atoms with Gasteiger partial charge >= 0.3 is 0 Å². The molecule has 0 bridgehead atoms. The van der Waals surface area contributed by atoms with Crippen LogP contribution in [0.1, 0.15) is 17.3 Å². The molecule has 0 aliphatic heterocycles. The Bertz CT molecular complexity index is 559. The van der Waals surface area contributed by atoms with Crippen molar-refractivity contribution in [1.29, 1.82) is 0 Å². The Morgan fingerprint density at radius 2 is 1.53 bits per heavy atom. The molecule has 0 amide bonds. The number of hydrogen-bond acceptors (Lipinski definition) is 1. The minimum absolute atomic E-state index is 0.0870. The summed E-state index contributed by atoms with van der Waals surface area (Å²) in [5, 5.41) is 0.583. The third kappa shape index (κ3) is 3.34. The van der Waals surface area contributed by atoms with E-state index in [1.165, 1.54) is 0 Å². The molecule has 2 aromatic carbocycles. The summed E-state index contributed by atoms with van der Waals surface area (Å²) in [5.74, 6) is 0.0870. The van der Waals surface area contributed by atoms with Crippen LogP contribution < -0.4 is 0 Å². The van der Waals surface area contributed by atoms with Crippen molar-refractivity contribution in [3.8, 4) is 11.1 Å². The van der Waals surface area contributed by atoms with Crippen LogP contribution in [0.4, 0.5) is 0 Å². The minimum atomic E-state index is -0.554. The van der Waals surface area contributed by atoms with E-state index in [-0.39, 0.29) is 5.78 Å². The van der Waals surface area contributed by atoms with Gasteiger partial charge in [-0.15, -0.1) is 0 Å². The Morgan fingerprint density at radius 1 is 1.00 bits per heavy atom. The lowest BCUT2D eigenvalue weighted by Gasteiger charge is -2.17. The van der Waals surface area contributed by atoms with E-state index in [2.05, 4.69) is 44.0 Å². The molecule has 2 rings (SSSR count). The summed E-state index contributed by atoms with van der Waals surface area (Å²) in [6.45, 7) is 1.87. The predicted octanol–water partition coefficient (Wildman–Crippen LogP) is 5.08. The quantitative estimate of drug-likeness (QED) is 0.532. The van der Waals surface area contributed by atoms with Crippen LogP contribution in [-0.4, -0.2) is 15.4 Å². The van der Waals surface area contributed by atoms with Gasteiger partial charge in [0.15, 0.2) is 5.78 Å². The van der Waals surface area contributed by atoms with Crippen molar-refractivity contribution in [2.24, 2.45) is 0 Å². The van der Waals surface area contributed by atoms with E-state index in [0.717, 1.165) is 16.7 Å². The Kier molecular flexibility index (Phi) is 4.58. The molecule has 0 N–H and O–H groups in total. The number of ketones is 1. The highest BCUT2D eigenvalue weighted by Gasteiger charge is 2.29. The van der Waals surface area contributed by atoms with E-state index in [1.807, 2.05) is 49.4 Å². The summed E-state index contributed by atoms with van der Waals surface area (Å²) >= 11 is 6.80. The Labute approximate surface area is 130 Å². The summed E-state index contributed by atoms with van der Waals surface area (Å²) in [6.07, 6.45) is 0. The van der Waals surface area contributed by atoms with Crippen molar-refractivity contribution < 1.29 is 4.79 Å². The summed E-state index contributed by atoms with van der Waals surface area (Å²) in [7, 11) is 0. The monoisotopic (exact) mass is 380 g/mol. The molecule has 0 radical (unpaired) electrons. The average Bonchev–Trinajstić information content (AvgIpc) is 2.47. The van der Waals surface area contributed by atoms with Gasteiger partial charge in [-0.3, -0.25) is 4.79 Å². The van der Waals surface area contributed by atoms with Crippen molar-refractivity contribution in [3.05, 3.63) is 60.2 Å². The molecule has 0 aliphatic carbocycles. The highest BCUT2D eigenvalue weighted by molar-refractivity contribution is 9.12. The maximum atomic E-state index is 12.3. The molecule has 0 aromatic heterocycles. The Balaban J connectivity index is 2.27. The van der Waals surface area contributed by atoms with Gasteiger partial charge in [0.25, 0.3) is 0 Å². The second-order valence-electron chi connectivity index (χ2n) is 4.60. The molecule has 0 spiro atoms. The van der Waals surface area contributed by atoms with Gasteiger partial charge in [0.05, 0.1) is 4.32 Å². The minimum Gasteiger partial charge on any atom is -0.293 e. The van der Waals surface area contributed by atoms with Crippen LogP contribution in [0.15, 0.2) is 54.6 Å². The third-order valence-corrected chi connectivity index (χ3v) is 5.49. The van der Waals surface area contributed by atoms with Crippen LogP contribution in [0.3, 0.4) is 0 Å². The van der Waals surface area contributed by atoms with Gasteiger partial charge < -0.3 is 0 Å². The molecule has 1 nitrogen and oxygen atoms in total. The van der Waals surface area contributed by atoms with Crippen LogP contribution in [-0.2, 0) is 0 Å². The second kappa shape index (κ2) is 6.02. The van der Waals surface area contributed by atoms with Crippen molar-refractivity contribution in [1.82, 2.24) is 0 Å².